The largest absolute Gasteiger partial charge is 0.507 e. The van der Waals surface area contributed by atoms with E-state index < -0.39 is 17.9 Å². The SMILES string of the molecule is C=CCOC[C@@H]1C[C@](CC(C)C)(OC(=O)O)N(C(=O)c2ccc(C(C)(C)C)c(OC)c2)[C@H]1c1nccs1. The van der Waals surface area contributed by atoms with Gasteiger partial charge in [-0.15, -0.1) is 17.9 Å². The molecule has 1 N–H and O–H groups in total. The van der Waals surface area contributed by atoms with E-state index in [0.717, 1.165) is 5.56 Å². The minimum atomic E-state index is -1.43. The summed E-state index contributed by atoms with van der Waals surface area (Å²) in [5.74, 6) is 0.0797. The zero-order valence-electron chi connectivity index (χ0n) is 22.5. The van der Waals surface area contributed by atoms with Crippen LogP contribution in [0.15, 0.2) is 42.4 Å². The maximum absolute atomic E-state index is 14.4. The van der Waals surface area contributed by atoms with Crippen molar-refractivity contribution in [2.45, 2.75) is 64.6 Å². The standard InChI is InChI=1S/C28H38N2O6S/c1-8-12-35-17-20-16-28(15-18(2)3,36-26(32)33)30(23(20)24-29-11-13-37-24)25(31)19-9-10-21(27(4,5)6)22(14-19)34-7/h8-11,13-14,18,20,23H,1,12,15-17H2,2-7H3,(H,32,33)/t20-,23+,28-/m0/s1. The molecule has 3 rings (SSSR count). The highest BCUT2D eigenvalue weighted by Crippen LogP contribution is 2.51. The first kappa shape index (κ1) is 28.7. The molecule has 1 aromatic heterocycles. The molecule has 1 aliphatic rings. The van der Waals surface area contributed by atoms with Crippen molar-refractivity contribution in [1.29, 1.82) is 0 Å². The third kappa shape index (κ3) is 6.33. The molecule has 3 atom stereocenters. The first-order valence-corrected chi connectivity index (χ1v) is 13.3. The monoisotopic (exact) mass is 530 g/mol. The van der Waals surface area contributed by atoms with E-state index >= 15 is 0 Å². The highest BCUT2D eigenvalue weighted by Gasteiger charge is 2.58. The van der Waals surface area contributed by atoms with E-state index in [2.05, 4.69) is 32.3 Å². The van der Waals surface area contributed by atoms with Crippen molar-refractivity contribution >= 4 is 23.4 Å². The number of nitrogens with zero attached hydrogens (tertiary/aromatic N) is 2. The summed E-state index contributed by atoms with van der Waals surface area (Å²) in [6, 6.07) is 4.87. The second-order valence-corrected chi connectivity index (χ2v) is 11.8. The Hall–Kier alpha value is -2.91. The molecule has 37 heavy (non-hydrogen) atoms. The van der Waals surface area contributed by atoms with Crippen molar-refractivity contribution in [3.63, 3.8) is 0 Å². The van der Waals surface area contributed by atoms with E-state index in [4.69, 9.17) is 14.2 Å². The summed E-state index contributed by atoms with van der Waals surface area (Å²) in [6.45, 7) is 14.6. The van der Waals surface area contributed by atoms with Crippen molar-refractivity contribution in [3.8, 4) is 5.75 Å². The number of thiazole rings is 1. The van der Waals surface area contributed by atoms with Crippen molar-refractivity contribution in [2.24, 2.45) is 11.8 Å². The molecule has 0 aliphatic carbocycles. The Morgan fingerprint density at radius 2 is 2.08 bits per heavy atom. The van der Waals surface area contributed by atoms with Gasteiger partial charge in [0.05, 0.1) is 26.4 Å². The lowest BCUT2D eigenvalue weighted by Crippen LogP contribution is -2.52. The fraction of sp³-hybridized carbons (Fsp3) is 0.536. The number of carbonyl (C=O) groups is 2. The van der Waals surface area contributed by atoms with E-state index in [1.54, 1.807) is 36.4 Å². The average Bonchev–Trinajstić information content (AvgIpc) is 3.43. The molecule has 1 aromatic carbocycles. The number of hydrogen-bond donors (Lipinski definition) is 1. The van der Waals surface area contributed by atoms with Gasteiger partial charge in [-0.05, 0) is 29.0 Å². The zero-order valence-corrected chi connectivity index (χ0v) is 23.3. The Morgan fingerprint density at radius 3 is 2.62 bits per heavy atom. The van der Waals surface area contributed by atoms with Gasteiger partial charge in [-0.25, -0.2) is 9.78 Å². The van der Waals surface area contributed by atoms with Crippen LogP contribution in [0.3, 0.4) is 0 Å². The molecule has 1 aliphatic heterocycles. The van der Waals surface area contributed by atoms with Crippen molar-refractivity contribution in [2.75, 3.05) is 20.3 Å². The molecule has 2 heterocycles. The minimum absolute atomic E-state index is 0.0530. The van der Waals surface area contributed by atoms with E-state index in [1.165, 1.54) is 11.3 Å². The van der Waals surface area contributed by atoms with Crippen molar-refractivity contribution in [3.05, 3.63) is 58.6 Å². The van der Waals surface area contributed by atoms with Crippen LogP contribution in [0, 0.1) is 11.8 Å². The van der Waals surface area contributed by atoms with Gasteiger partial charge in [0.2, 0.25) is 0 Å². The number of likely N-dealkylation sites (tertiary alicyclic amines) is 1. The first-order chi connectivity index (χ1) is 17.4. The summed E-state index contributed by atoms with van der Waals surface area (Å²) < 4.78 is 17.1. The Kier molecular flexibility index (Phi) is 9.02. The fourth-order valence-electron chi connectivity index (χ4n) is 5.24. The summed E-state index contributed by atoms with van der Waals surface area (Å²) in [5, 5.41) is 12.4. The van der Waals surface area contributed by atoms with Gasteiger partial charge >= 0.3 is 6.16 Å². The number of methoxy groups -OCH3 is 1. The first-order valence-electron chi connectivity index (χ1n) is 12.5. The van der Waals surface area contributed by atoms with Crippen LogP contribution in [0.4, 0.5) is 4.79 Å². The van der Waals surface area contributed by atoms with Crippen LogP contribution in [-0.2, 0) is 14.9 Å². The number of ether oxygens (including phenoxy) is 3. The predicted octanol–water partition coefficient (Wildman–Crippen LogP) is 6.29. The van der Waals surface area contributed by atoms with Crippen LogP contribution in [0.25, 0.3) is 0 Å². The predicted molar refractivity (Wildman–Crippen MR) is 143 cm³/mol. The van der Waals surface area contributed by atoms with Crippen LogP contribution in [0.2, 0.25) is 0 Å². The van der Waals surface area contributed by atoms with Crippen molar-refractivity contribution < 1.29 is 28.9 Å². The summed E-state index contributed by atoms with van der Waals surface area (Å²) in [4.78, 5) is 32.5. The molecule has 0 unspecified atom stereocenters. The van der Waals surface area contributed by atoms with Crippen LogP contribution in [0.5, 0.6) is 5.75 Å². The zero-order chi connectivity index (χ0) is 27.4. The second-order valence-electron chi connectivity index (χ2n) is 10.9. The van der Waals surface area contributed by atoms with E-state index in [-0.39, 0.29) is 23.2 Å². The third-order valence-corrected chi connectivity index (χ3v) is 7.34. The molecule has 202 valence electrons. The van der Waals surface area contributed by atoms with Crippen molar-refractivity contribution in [1.82, 2.24) is 9.88 Å². The number of benzene rings is 1. The molecule has 0 radical (unpaired) electrons. The quantitative estimate of drug-likeness (QED) is 0.219. The Labute approximate surface area is 223 Å². The second kappa shape index (κ2) is 11.6. The van der Waals surface area contributed by atoms with Gasteiger partial charge in [0, 0.05) is 35.9 Å². The molecule has 1 fully saturated rings. The smallest absolute Gasteiger partial charge is 0.496 e. The highest BCUT2D eigenvalue weighted by atomic mass is 32.1. The summed E-state index contributed by atoms with van der Waals surface area (Å²) >= 11 is 1.42. The molecule has 8 nitrogen and oxygen atoms in total. The van der Waals surface area contributed by atoms with Gasteiger partial charge in [0.25, 0.3) is 5.91 Å². The summed E-state index contributed by atoms with van der Waals surface area (Å²) in [7, 11) is 1.58. The average molecular weight is 531 g/mol. The lowest BCUT2D eigenvalue weighted by Gasteiger charge is -2.40. The highest BCUT2D eigenvalue weighted by molar-refractivity contribution is 7.09. The Bertz CT molecular complexity index is 1090. The van der Waals surface area contributed by atoms with E-state index in [1.807, 2.05) is 25.3 Å². The van der Waals surface area contributed by atoms with Gasteiger partial charge in [-0.3, -0.25) is 9.69 Å². The number of rotatable bonds is 10. The molecule has 0 bridgehead atoms. The third-order valence-electron chi connectivity index (χ3n) is 6.50. The number of hydrogen-bond acceptors (Lipinski definition) is 7. The molecular formula is C28H38N2O6S. The topological polar surface area (TPSA) is 98.2 Å². The molecule has 9 heteroatoms. The maximum Gasteiger partial charge on any atom is 0.507 e. The lowest BCUT2D eigenvalue weighted by molar-refractivity contribution is -0.108. The van der Waals surface area contributed by atoms with E-state index in [9.17, 15) is 14.7 Å². The lowest BCUT2D eigenvalue weighted by atomic mass is 9.85. The number of carbonyl (C=O) groups excluding carboxylic acids is 1. The van der Waals surface area contributed by atoms with E-state index in [0.29, 0.717) is 42.4 Å². The summed E-state index contributed by atoms with van der Waals surface area (Å²) in [5.41, 5.74) is -0.215. The number of carboxylic acid groups (broad SMARTS) is 1. The van der Waals surface area contributed by atoms with Gasteiger partial charge in [0.15, 0.2) is 5.72 Å². The Morgan fingerprint density at radius 1 is 1.35 bits per heavy atom. The Balaban J connectivity index is 2.18. The molecule has 1 saturated heterocycles. The fourth-order valence-corrected chi connectivity index (χ4v) is 6.06. The normalized spacial score (nSPS) is 21.8. The van der Waals surface area contributed by atoms with Gasteiger partial charge < -0.3 is 19.3 Å². The van der Waals surface area contributed by atoms with Gasteiger partial charge in [-0.2, -0.15) is 0 Å². The molecule has 0 spiro atoms. The molecule has 0 saturated carbocycles. The molecule has 2 aromatic rings. The number of aromatic nitrogens is 1. The maximum atomic E-state index is 14.4. The number of amides is 1. The van der Waals surface area contributed by atoms with Crippen LogP contribution in [-0.4, -0.2) is 53.1 Å². The van der Waals surface area contributed by atoms with Gasteiger partial charge in [-0.1, -0.05) is 46.8 Å². The van der Waals surface area contributed by atoms with Crippen LogP contribution >= 0.6 is 11.3 Å². The minimum Gasteiger partial charge on any atom is -0.496 e. The van der Waals surface area contributed by atoms with Crippen LogP contribution < -0.4 is 4.74 Å². The van der Waals surface area contributed by atoms with Gasteiger partial charge in [0.1, 0.15) is 10.8 Å². The summed E-state index contributed by atoms with van der Waals surface area (Å²) in [6.07, 6.45) is 2.55. The van der Waals surface area contributed by atoms with Crippen LogP contribution in [0.1, 0.15) is 74.4 Å². The molecule has 1 amide bonds. The molecular weight excluding hydrogens is 492 g/mol.